The topological polar surface area (TPSA) is 67.4 Å². The van der Waals surface area contributed by atoms with Crippen molar-refractivity contribution in [1.29, 1.82) is 0 Å². The summed E-state index contributed by atoms with van der Waals surface area (Å²) in [5.74, 6) is 3.26. The van der Waals surface area contributed by atoms with E-state index in [-0.39, 0.29) is 0 Å². The SMILES string of the molecule is CCNC(=NCCc1ccc(OC)c(OC)c1)NC1CCN(c2ccccc2OC)C1. The molecule has 0 amide bonds. The van der Waals surface area contributed by atoms with Crippen molar-refractivity contribution in [1.82, 2.24) is 10.6 Å². The van der Waals surface area contributed by atoms with Gasteiger partial charge < -0.3 is 29.7 Å². The van der Waals surface area contributed by atoms with E-state index in [1.807, 2.05) is 24.3 Å². The van der Waals surface area contributed by atoms with Crippen LogP contribution in [0.2, 0.25) is 0 Å². The van der Waals surface area contributed by atoms with Crippen molar-refractivity contribution in [3.8, 4) is 17.2 Å². The second-order valence-electron chi connectivity index (χ2n) is 7.45. The van der Waals surface area contributed by atoms with Gasteiger partial charge in [0.2, 0.25) is 0 Å². The quantitative estimate of drug-likeness (QED) is 0.475. The van der Waals surface area contributed by atoms with Crippen molar-refractivity contribution in [3.63, 3.8) is 0 Å². The van der Waals surface area contributed by atoms with E-state index in [4.69, 9.17) is 19.2 Å². The predicted octanol–water partition coefficient (Wildman–Crippen LogP) is 3.09. The molecule has 168 valence electrons. The van der Waals surface area contributed by atoms with E-state index < -0.39 is 0 Å². The summed E-state index contributed by atoms with van der Waals surface area (Å²) in [6.07, 6.45) is 1.88. The molecule has 0 bridgehead atoms. The Morgan fingerprint density at radius 3 is 2.55 bits per heavy atom. The molecule has 2 N–H and O–H groups in total. The molecule has 1 heterocycles. The fraction of sp³-hybridized carbons (Fsp3) is 0.458. The Kier molecular flexibility index (Phi) is 8.27. The van der Waals surface area contributed by atoms with Gasteiger partial charge in [0.05, 0.1) is 27.0 Å². The van der Waals surface area contributed by atoms with Gasteiger partial charge >= 0.3 is 0 Å². The first-order valence-corrected chi connectivity index (χ1v) is 10.8. The van der Waals surface area contributed by atoms with Crippen molar-refractivity contribution in [2.45, 2.75) is 25.8 Å². The highest BCUT2D eigenvalue weighted by Crippen LogP contribution is 2.30. The molecule has 7 heteroatoms. The molecule has 1 aliphatic heterocycles. The summed E-state index contributed by atoms with van der Waals surface area (Å²) in [6.45, 7) is 5.50. The lowest BCUT2D eigenvalue weighted by molar-refractivity contribution is 0.354. The average molecular weight is 427 g/mol. The van der Waals surface area contributed by atoms with Gasteiger partial charge in [0.15, 0.2) is 17.5 Å². The molecule has 0 aromatic heterocycles. The molecule has 31 heavy (non-hydrogen) atoms. The molecule has 1 saturated heterocycles. The summed E-state index contributed by atoms with van der Waals surface area (Å²) in [5, 5.41) is 6.96. The summed E-state index contributed by atoms with van der Waals surface area (Å²) < 4.78 is 16.2. The van der Waals surface area contributed by atoms with Crippen LogP contribution in [0.15, 0.2) is 47.5 Å². The molecular weight excluding hydrogens is 392 g/mol. The average Bonchev–Trinajstić information content (AvgIpc) is 3.27. The smallest absolute Gasteiger partial charge is 0.191 e. The Morgan fingerprint density at radius 2 is 1.81 bits per heavy atom. The van der Waals surface area contributed by atoms with Gasteiger partial charge in [-0.25, -0.2) is 0 Å². The zero-order valence-corrected chi connectivity index (χ0v) is 19.0. The highest BCUT2D eigenvalue weighted by Gasteiger charge is 2.25. The van der Waals surface area contributed by atoms with E-state index in [2.05, 4.69) is 40.7 Å². The molecule has 0 spiro atoms. The van der Waals surface area contributed by atoms with Gasteiger partial charge in [0, 0.05) is 32.2 Å². The fourth-order valence-corrected chi connectivity index (χ4v) is 3.83. The number of nitrogens with zero attached hydrogens (tertiary/aromatic N) is 2. The largest absolute Gasteiger partial charge is 0.495 e. The number of aliphatic imine (C=N–C) groups is 1. The summed E-state index contributed by atoms with van der Waals surface area (Å²) in [6, 6.07) is 14.5. The monoisotopic (exact) mass is 426 g/mol. The molecule has 3 rings (SSSR count). The first kappa shape index (κ1) is 22.6. The Balaban J connectivity index is 1.58. The summed E-state index contributed by atoms with van der Waals surface area (Å²) in [7, 11) is 5.02. The van der Waals surface area contributed by atoms with E-state index in [9.17, 15) is 0 Å². The maximum Gasteiger partial charge on any atom is 0.191 e. The highest BCUT2D eigenvalue weighted by molar-refractivity contribution is 5.80. The molecule has 1 fully saturated rings. The third kappa shape index (κ3) is 5.96. The third-order valence-electron chi connectivity index (χ3n) is 5.42. The number of nitrogens with one attached hydrogen (secondary N) is 2. The molecule has 2 aromatic rings. The maximum atomic E-state index is 5.52. The van der Waals surface area contributed by atoms with Crippen molar-refractivity contribution in [2.75, 3.05) is 52.4 Å². The van der Waals surface area contributed by atoms with Crippen LogP contribution >= 0.6 is 0 Å². The first-order chi connectivity index (χ1) is 15.2. The van der Waals surface area contributed by atoms with Crippen LogP contribution in [0.3, 0.4) is 0 Å². The van der Waals surface area contributed by atoms with E-state index in [1.165, 1.54) is 5.56 Å². The van der Waals surface area contributed by atoms with Gasteiger partial charge in [0.25, 0.3) is 0 Å². The predicted molar refractivity (Wildman–Crippen MR) is 126 cm³/mol. The van der Waals surface area contributed by atoms with Gasteiger partial charge in [-0.15, -0.1) is 0 Å². The number of benzene rings is 2. The number of anilines is 1. The minimum absolute atomic E-state index is 0.337. The molecule has 1 atom stereocenters. The van der Waals surface area contributed by atoms with Gasteiger partial charge in [-0.1, -0.05) is 18.2 Å². The third-order valence-corrected chi connectivity index (χ3v) is 5.42. The molecule has 0 radical (unpaired) electrons. The van der Waals surface area contributed by atoms with Crippen molar-refractivity contribution in [3.05, 3.63) is 48.0 Å². The fourth-order valence-electron chi connectivity index (χ4n) is 3.83. The first-order valence-electron chi connectivity index (χ1n) is 10.8. The van der Waals surface area contributed by atoms with Crippen LogP contribution in [0, 0.1) is 0 Å². The Labute approximate surface area is 185 Å². The van der Waals surface area contributed by atoms with Crippen molar-refractivity contribution >= 4 is 11.6 Å². The van der Waals surface area contributed by atoms with Gasteiger partial charge in [-0.3, -0.25) is 4.99 Å². The molecule has 2 aromatic carbocycles. The number of para-hydroxylation sites is 2. The van der Waals surface area contributed by atoms with E-state index in [0.29, 0.717) is 12.6 Å². The molecule has 0 aliphatic carbocycles. The van der Waals surface area contributed by atoms with E-state index in [0.717, 1.165) is 61.4 Å². The number of guanidine groups is 1. The number of rotatable bonds is 9. The zero-order valence-electron chi connectivity index (χ0n) is 19.0. The van der Waals surface area contributed by atoms with Gasteiger partial charge in [0.1, 0.15) is 5.75 Å². The van der Waals surface area contributed by atoms with E-state index >= 15 is 0 Å². The van der Waals surface area contributed by atoms with Crippen LogP contribution < -0.4 is 29.7 Å². The number of hydrogen-bond donors (Lipinski definition) is 2. The van der Waals surface area contributed by atoms with Crippen LogP contribution in [0.25, 0.3) is 0 Å². The van der Waals surface area contributed by atoms with Gasteiger partial charge in [-0.2, -0.15) is 0 Å². The number of methoxy groups -OCH3 is 3. The Bertz CT molecular complexity index is 872. The summed E-state index contributed by atoms with van der Waals surface area (Å²) >= 11 is 0. The number of ether oxygens (including phenoxy) is 3. The van der Waals surface area contributed by atoms with Crippen molar-refractivity contribution in [2.24, 2.45) is 4.99 Å². The van der Waals surface area contributed by atoms with E-state index in [1.54, 1.807) is 21.3 Å². The minimum Gasteiger partial charge on any atom is -0.495 e. The normalized spacial score (nSPS) is 16.2. The molecule has 0 saturated carbocycles. The van der Waals surface area contributed by atoms with Crippen LogP contribution in [0.5, 0.6) is 17.2 Å². The van der Waals surface area contributed by atoms with Crippen LogP contribution in [-0.4, -0.2) is 59.5 Å². The molecule has 7 nitrogen and oxygen atoms in total. The lowest BCUT2D eigenvalue weighted by Gasteiger charge is -2.22. The Hall–Kier alpha value is -3.09. The van der Waals surface area contributed by atoms with Crippen molar-refractivity contribution < 1.29 is 14.2 Å². The number of hydrogen-bond acceptors (Lipinski definition) is 5. The van der Waals surface area contributed by atoms with Gasteiger partial charge in [-0.05, 0) is 49.6 Å². The second kappa shape index (κ2) is 11.3. The second-order valence-corrected chi connectivity index (χ2v) is 7.45. The molecule has 1 aliphatic rings. The highest BCUT2D eigenvalue weighted by atomic mass is 16.5. The van der Waals surface area contributed by atoms with Crippen LogP contribution in [0.4, 0.5) is 5.69 Å². The summed E-state index contributed by atoms with van der Waals surface area (Å²) in [5.41, 5.74) is 2.31. The lowest BCUT2D eigenvalue weighted by atomic mass is 10.1. The lowest BCUT2D eigenvalue weighted by Crippen LogP contribution is -2.44. The maximum absolute atomic E-state index is 5.52. The van der Waals surface area contributed by atoms with Crippen LogP contribution in [0.1, 0.15) is 18.9 Å². The summed E-state index contributed by atoms with van der Waals surface area (Å²) in [4.78, 5) is 7.15. The van der Waals surface area contributed by atoms with Crippen LogP contribution in [-0.2, 0) is 6.42 Å². The molecule has 1 unspecified atom stereocenters. The Morgan fingerprint density at radius 1 is 1.03 bits per heavy atom. The zero-order chi connectivity index (χ0) is 22.1. The standard InChI is InChI=1S/C24H34N4O3/c1-5-25-24(26-14-12-18-10-11-22(30-3)23(16-18)31-4)27-19-13-15-28(17-19)20-8-6-7-9-21(20)29-2/h6-11,16,19H,5,12-15,17H2,1-4H3,(H2,25,26,27). The minimum atomic E-state index is 0.337. The molecular formula is C24H34N4O3.